The average molecular weight is 745 g/mol. The van der Waals surface area contributed by atoms with Crippen LogP contribution in [0.15, 0.2) is 104 Å². The van der Waals surface area contributed by atoms with Crippen LogP contribution in [0, 0.1) is 3.57 Å². The number of nitrogens with zero attached hydrogens (tertiary/aromatic N) is 3. The van der Waals surface area contributed by atoms with Crippen LogP contribution < -0.4 is 10.3 Å². The zero-order valence-electron chi connectivity index (χ0n) is 20.4. The molecule has 6 nitrogen and oxygen atoms in total. The minimum atomic E-state index is -0.298. The summed E-state index contributed by atoms with van der Waals surface area (Å²) in [6.45, 7) is 0.301. The first kappa shape index (κ1) is 27.0. The normalized spacial score (nSPS) is 11.6. The second kappa shape index (κ2) is 11.4. The summed E-state index contributed by atoms with van der Waals surface area (Å²) in [5, 5.41) is 7.01. The molecule has 0 fully saturated rings. The standard InChI is InChI=1S/C30H17BrCl2IN3O3/c31-20-7-10-26-19(12-20)13-28(40-26)29-36-25-4-2-1-3-22(25)30(38)37(29)35-15-17-5-9-27(24(34)11-17)39-16-18-6-8-21(32)14-23(18)33/h1-15H,16H2. The summed E-state index contributed by atoms with van der Waals surface area (Å²) in [5.74, 6) is 1.44. The Morgan fingerprint density at radius 2 is 1.88 bits per heavy atom. The van der Waals surface area contributed by atoms with Gasteiger partial charge in [-0.15, -0.1) is 0 Å². The summed E-state index contributed by atoms with van der Waals surface area (Å²) in [7, 11) is 0. The van der Waals surface area contributed by atoms with Gasteiger partial charge in [0, 0.05) is 25.5 Å². The van der Waals surface area contributed by atoms with Crippen LogP contribution in [0.25, 0.3) is 33.5 Å². The number of hydrogen-bond acceptors (Lipinski definition) is 5. The molecule has 40 heavy (non-hydrogen) atoms. The van der Waals surface area contributed by atoms with E-state index in [-0.39, 0.29) is 5.56 Å². The molecule has 0 spiro atoms. The molecule has 2 aromatic heterocycles. The van der Waals surface area contributed by atoms with Crippen molar-refractivity contribution in [1.82, 2.24) is 9.66 Å². The third-order valence-electron chi connectivity index (χ3n) is 6.13. The van der Waals surface area contributed by atoms with Crippen molar-refractivity contribution in [3.8, 4) is 17.3 Å². The Bertz CT molecular complexity index is 2010. The highest BCUT2D eigenvalue weighted by atomic mass is 127. The van der Waals surface area contributed by atoms with Gasteiger partial charge in [-0.2, -0.15) is 9.78 Å². The molecule has 0 radical (unpaired) electrons. The van der Waals surface area contributed by atoms with E-state index >= 15 is 0 Å². The molecule has 4 aromatic carbocycles. The van der Waals surface area contributed by atoms with E-state index in [1.54, 1.807) is 36.5 Å². The third-order valence-corrected chi connectivity index (χ3v) is 8.05. The van der Waals surface area contributed by atoms with Crippen LogP contribution in [0.1, 0.15) is 11.1 Å². The van der Waals surface area contributed by atoms with Gasteiger partial charge in [0.25, 0.3) is 5.56 Å². The van der Waals surface area contributed by atoms with Gasteiger partial charge in [-0.25, -0.2) is 4.98 Å². The molecule has 0 N–H and O–H groups in total. The number of aromatic nitrogens is 2. The van der Waals surface area contributed by atoms with Crippen molar-refractivity contribution in [2.24, 2.45) is 5.10 Å². The first-order valence-corrected chi connectivity index (χ1v) is 14.6. The molecule has 0 bridgehead atoms. The highest BCUT2D eigenvalue weighted by Gasteiger charge is 2.17. The van der Waals surface area contributed by atoms with E-state index < -0.39 is 0 Å². The molecule has 0 saturated heterocycles. The molecule has 0 saturated carbocycles. The van der Waals surface area contributed by atoms with Gasteiger partial charge in [-0.05, 0) is 94.9 Å². The Morgan fingerprint density at radius 3 is 2.70 bits per heavy atom. The van der Waals surface area contributed by atoms with Crippen LogP contribution >= 0.6 is 61.7 Å². The van der Waals surface area contributed by atoms with Gasteiger partial charge >= 0.3 is 0 Å². The van der Waals surface area contributed by atoms with Gasteiger partial charge in [0.1, 0.15) is 17.9 Å². The van der Waals surface area contributed by atoms with Gasteiger partial charge in [0.2, 0.25) is 5.82 Å². The van der Waals surface area contributed by atoms with Gasteiger partial charge in [-0.1, -0.05) is 57.3 Å². The number of fused-ring (bicyclic) bond motifs is 2. The molecule has 6 aromatic rings. The Balaban J connectivity index is 1.34. The molecular weight excluding hydrogens is 728 g/mol. The molecule has 0 aliphatic heterocycles. The van der Waals surface area contributed by atoms with E-state index in [4.69, 9.17) is 37.3 Å². The van der Waals surface area contributed by atoms with Crippen molar-refractivity contribution in [3.05, 3.63) is 124 Å². The molecule has 0 aliphatic carbocycles. The van der Waals surface area contributed by atoms with Gasteiger partial charge in [0.15, 0.2) is 5.76 Å². The number of rotatable bonds is 6. The second-order valence-electron chi connectivity index (χ2n) is 8.82. The number of ether oxygens (including phenoxy) is 1. The van der Waals surface area contributed by atoms with E-state index in [1.807, 2.05) is 54.6 Å². The highest BCUT2D eigenvalue weighted by Crippen LogP contribution is 2.30. The van der Waals surface area contributed by atoms with Crippen LogP contribution in [0.2, 0.25) is 10.0 Å². The number of furan rings is 1. The maximum atomic E-state index is 13.5. The molecular formula is C30H17BrCl2IN3O3. The van der Waals surface area contributed by atoms with E-state index in [0.717, 1.165) is 24.6 Å². The first-order chi connectivity index (χ1) is 19.4. The largest absolute Gasteiger partial charge is 0.488 e. The summed E-state index contributed by atoms with van der Waals surface area (Å²) >= 11 is 17.9. The summed E-state index contributed by atoms with van der Waals surface area (Å²) in [4.78, 5) is 18.3. The van der Waals surface area contributed by atoms with E-state index in [0.29, 0.717) is 50.5 Å². The van der Waals surface area contributed by atoms with Crippen molar-refractivity contribution in [3.63, 3.8) is 0 Å². The van der Waals surface area contributed by atoms with Crippen molar-refractivity contribution in [2.75, 3.05) is 0 Å². The fraction of sp³-hybridized carbons (Fsp3) is 0.0333. The van der Waals surface area contributed by atoms with Crippen LogP contribution in [0.5, 0.6) is 5.75 Å². The SMILES string of the molecule is O=c1c2ccccc2nc(-c2cc3cc(Br)ccc3o2)n1N=Cc1ccc(OCc2ccc(Cl)cc2Cl)c(I)c1. The topological polar surface area (TPSA) is 69.6 Å². The third kappa shape index (κ3) is 5.54. The molecule has 0 aliphatic rings. The van der Waals surface area contributed by atoms with Crippen molar-refractivity contribution in [2.45, 2.75) is 6.61 Å². The molecule has 2 heterocycles. The number of para-hydroxylation sites is 1. The fourth-order valence-electron chi connectivity index (χ4n) is 4.15. The van der Waals surface area contributed by atoms with E-state index in [9.17, 15) is 4.79 Å². The quantitative estimate of drug-likeness (QED) is 0.126. The number of benzene rings is 4. The van der Waals surface area contributed by atoms with Crippen molar-refractivity contribution >= 4 is 89.8 Å². The lowest BCUT2D eigenvalue weighted by molar-refractivity contribution is 0.304. The molecule has 0 atom stereocenters. The number of hydrogen-bond donors (Lipinski definition) is 0. The van der Waals surface area contributed by atoms with Crippen molar-refractivity contribution < 1.29 is 9.15 Å². The minimum absolute atomic E-state index is 0.298. The average Bonchev–Trinajstić information content (AvgIpc) is 3.36. The minimum Gasteiger partial charge on any atom is -0.488 e. The maximum absolute atomic E-state index is 13.5. The zero-order valence-corrected chi connectivity index (χ0v) is 25.7. The zero-order chi connectivity index (χ0) is 27.8. The molecule has 0 amide bonds. The van der Waals surface area contributed by atoms with Crippen LogP contribution in [-0.2, 0) is 6.61 Å². The number of halogens is 4. The lowest BCUT2D eigenvalue weighted by atomic mass is 10.2. The predicted molar refractivity (Wildman–Crippen MR) is 172 cm³/mol. The monoisotopic (exact) mass is 743 g/mol. The lowest BCUT2D eigenvalue weighted by Crippen LogP contribution is -2.20. The summed E-state index contributed by atoms with van der Waals surface area (Å²) in [6.07, 6.45) is 1.61. The van der Waals surface area contributed by atoms with Crippen LogP contribution in [0.4, 0.5) is 0 Å². The predicted octanol–water partition coefficient (Wildman–Crippen LogP) is 8.94. The van der Waals surface area contributed by atoms with Crippen molar-refractivity contribution in [1.29, 1.82) is 0 Å². The Hall–Kier alpha value is -3.18. The van der Waals surface area contributed by atoms with Gasteiger partial charge in [0.05, 0.1) is 20.7 Å². The molecule has 6 rings (SSSR count). The summed E-state index contributed by atoms with van der Waals surface area (Å²) in [5.41, 5.74) is 2.56. The highest BCUT2D eigenvalue weighted by molar-refractivity contribution is 14.1. The van der Waals surface area contributed by atoms with Gasteiger partial charge < -0.3 is 9.15 Å². The molecule has 10 heteroatoms. The van der Waals surface area contributed by atoms with Crippen LogP contribution in [0.3, 0.4) is 0 Å². The van der Waals surface area contributed by atoms with E-state index in [2.05, 4.69) is 43.6 Å². The molecule has 0 unspecified atom stereocenters. The summed E-state index contributed by atoms with van der Waals surface area (Å²) < 4.78 is 15.1. The lowest BCUT2D eigenvalue weighted by Gasteiger charge is -2.10. The summed E-state index contributed by atoms with van der Waals surface area (Å²) in [6, 6.07) is 25.7. The second-order valence-corrected chi connectivity index (χ2v) is 11.7. The van der Waals surface area contributed by atoms with Crippen LogP contribution in [-0.4, -0.2) is 15.9 Å². The first-order valence-electron chi connectivity index (χ1n) is 12.0. The fourth-order valence-corrected chi connectivity index (χ4v) is 5.68. The Morgan fingerprint density at radius 1 is 1.02 bits per heavy atom. The van der Waals surface area contributed by atoms with Gasteiger partial charge in [-0.3, -0.25) is 4.79 Å². The molecule has 198 valence electrons. The maximum Gasteiger partial charge on any atom is 0.282 e. The van der Waals surface area contributed by atoms with E-state index in [1.165, 1.54) is 4.68 Å². The Labute approximate surface area is 260 Å². The Kier molecular flexibility index (Phi) is 7.67. The smallest absolute Gasteiger partial charge is 0.282 e.